The van der Waals surface area contributed by atoms with Gasteiger partial charge in [0, 0.05) is 13.1 Å². The van der Waals surface area contributed by atoms with E-state index in [1.807, 2.05) is 13.8 Å². The van der Waals surface area contributed by atoms with Gasteiger partial charge < -0.3 is 10.5 Å². The third-order valence-electron chi connectivity index (χ3n) is 4.16. The summed E-state index contributed by atoms with van der Waals surface area (Å²) >= 11 is 0. The SMILES string of the molecule is C[C@@H]1C[C@H](C)CN(S(=O)(=O)c2ccc(C(=O)OCC(=O)NC(N)=O)cc2)C1. The second-order valence-corrected chi connectivity index (χ2v) is 8.72. The fourth-order valence-corrected chi connectivity index (χ4v) is 4.78. The standard InChI is InChI=1S/C17H23N3O6S/c1-11-7-12(2)9-20(8-11)27(24,25)14-5-3-13(4-6-14)16(22)26-10-15(21)19-17(18)23/h3-6,11-12H,7-10H2,1-2H3,(H3,18,19,21,23)/t11-,12+. The van der Waals surface area contributed by atoms with Crippen LogP contribution in [-0.2, 0) is 19.6 Å². The van der Waals surface area contributed by atoms with Crippen LogP contribution < -0.4 is 11.1 Å². The third-order valence-corrected chi connectivity index (χ3v) is 6.01. The number of hydrogen-bond donors (Lipinski definition) is 2. The van der Waals surface area contributed by atoms with Gasteiger partial charge in [0.1, 0.15) is 0 Å². The van der Waals surface area contributed by atoms with Gasteiger partial charge in [0.05, 0.1) is 10.5 Å². The number of esters is 1. The third kappa shape index (κ3) is 5.51. The number of sulfonamides is 1. The summed E-state index contributed by atoms with van der Waals surface area (Å²) < 4.78 is 31.8. The molecule has 1 aromatic rings. The zero-order valence-corrected chi connectivity index (χ0v) is 16.0. The number of rotatable bonds is 5. The summed E-state index contributed by atoms with van der Waals surface area (Å²) in [6.45, 7) is 4.29. The van der Waals surface area contributed by atoms with E-state index in [0.717, 1.165) is 6.42 Å². The predicted octanol–water partition coefficient (Wildman–Crippen LogP) is 0.705. The molecule has 0 unspecified atom stereocenters. The number of carbonyl (C=O) groups is 3. The average molecular weight is 397 g/mol. The van der Waals surface area contributed by atoms with Gasteiger partial charge in [-0.15, -0.1) is 0 Å². The molecule has 1 aliphatic heterocycles. The maximum atomic E-state index is 12.8. The summed E-state index contributed by atoms with van der Waals surface area (Å²) in [6.07, 6.45) is 0.986. The maximum Gasteiger partial charge on any atom is 0.338 e. The number of benzene rings is 1. The van der Waals surface area contributed by atoms with Gasteiger partial charge in [-0.2, -0.15) is 4.31 Å². The van der Waals surface area contributed by atoms with Crippen molar-refractivity contribution in [3.8, 4) is 0 Å². The van der Waals surface area contributed by atoms with Gasteiger partial charge in [0.25, 0.3) is 5.91 Å². The minimum absolute atomic E-state index is 0.0844. The molecule has 27 heavy (non-hydrogen) atoms. The Morgan fingerprint density at radius 2 is 1.70 bits per heavy atom. The van der Waals surface area contributed by atoms with Crippen molar-refractivity contribution in [3.05, 3.63) is 29.8 Å². The Kier molecular flexibility index (Phi) is 6.55. The molecular formula is C17H23N3O6S. The number of nitrogens with two attached hydrogens (primary N) is 1. The quantitative estimate of drug-likeness (QED) is 0.702. The van der Waals surface area contributed by atoms with Crippen molar-refractivity contribution in [2.45, 2.75) is 25.2 Å². The van der Waals surface area contributed by atoms with Crippen molar-refractivity contribution in [1.29, 1.82) is 0 Å². The number of hydrogen-bond acceptors (Lipinski definition) is 6. The number of amides is 3. The summed E-state index contributed by atoms with van der Waals surface area (Å²) in [5.74, 6) is -1.11. The number of nitrogens with one attached hydrogen (secondary N) is 1. The van der Waals surface area contributed by atoms with Crippen molar-refractivity contribution in [1.82, 2.24) is 9.62 Å². The van der Waals surface area contributed by atoms with Crippen molar-refractivity contribution >= 4 is 27.9 Å². The van der Waals surface area contributed by atoms with Gasteiger partial charge in [-0.25, -0.2) is 18.0 Å². The van der Waals surface area contributed by atoms with E-state index in [1.165, 1.54) is 28.6 Å². The molecule has 3 amide bonds. The number of nitrogens with zero attached hydrogens (tertiary/aromatic N) is 1. The van der Waals surface area contributed by atoms with E-state index in [-0.39, 0.29) is 22.3 Å². The van der Waals surface area contributed by atoms with E-state index in [4.69, 9.17) is 10.5 Å². The fraction of sp³-hybridized carbons (Fsp3) is 0.471. The van der Waals surface area contributed by atoms with Gasteiger partial charge in [0.2, 0.25) is 10.0 Å². The molecule has 0 aromatic heterocycles. The van der Waals surface area contributed by atoms with Crippen LogP contribution in [0.25, 0.3) is 0 Å². The molecule has 0 bridgehead atoms. The molecule has 1 aliphatic rings. The van der Waals surface area contributed by atoms with Crippen molar-refractivity contribution in [2.75, 3.05) is 19.7 Å². The minimum Gasteiger partial charge on any atom is -0.452 e. The molecule has 2 rings (SSSR count). The molecule has 148 valence electrons. The van der Waals surface area contributed by atoms with E-state index in [0.29, 0.717) is 13.1 Å². The lowest BCUT2D eigenvalue weighted by Gasteiger charge is -2.34. The summed E-state index contributed by atoms with van der Waals surface area (Å²) in [5.41, 5.74) is 4.86. The monoisotopic (exact) mass is 397 g/mol. The van der Waals surface area contributed by atoms with Gasteiger partial charge in [-0.3, -0.25) is 10.1 Å². The van der Waals surface area contributed by atoms with E-state index in [2.05, 4.69) is 0 Å². The van der Waals surface area contributed by atoms with Crippen molar-refractivity contribution in [2.24, 2.45) is 17.6 Å². The summed E-state index contributed by atoms with van der Waals surface area (Å²) in [5, 5.41) is 1.76. The molecule has 1 fully saturated rings. The van der Waals surface area contributed by atoms with Crippen LogP contribution in [0.5, 0.6) is 0 Å². The molecule has 10 heteroatoms. The second kappa shape index (κ2) is 8.49. The molecule has 1 saturated heterocycles. The van der Waals surface area contributed by atoms with Crippen molar-refractivity contribution in [3.63, 3.8) is 0 Å². The van der Waals surface area contributed by atoms with E-state index < -0.39 is 34.5 Å². The zero-order chi connectivity index (χ0) is 20.2. The first-order valence-corrected chi connectivity index (χ1v) is 9.90. The molecule has 0 saturated carbocycles. The zero-order valence-electron chi connectivity index (χ0n) is 15.2. The highest BCUT2D eigenvalue weighted by Gasteiger charge is 2.31. The molecule has 9 nitrogen and oxygen atoms in total. The summed E-state index contributed by atoms with van der Waals surface area (Å²) in [7, 11) is -3.64. The van der Waals surface area contributed by atoms with E-state index in [1.54, 1.807) is 5.32 Å². The first-order chi connectivity index (χ1) is 12.6. The van der Waals surface area contributed by atoms with Crippen LogP contribution in [0.2, 0.25) is 0 Å². The fourth-order valence-electron chi connectivity index (χ4n) is 3.10. The number of primary amides is 1. The molecule has 2 atom stereocenters. The largest absolute Gasteiger partial charge is 0.452 e. The Labute approximate surface area is 157 Å². The highest BCUT2D eigenvalue weighted by Crippen LogP contribution is 2.26. The van der Waals surface area contributed by atoms with Crippen LogP contribution in [0.4, 0.5) is 4.79 Å². The van der Waals surface area contributed by atoms with E-state index >= 15 is 0 Å². The average Bonchev–Trinajstić information content (AvgIpc) is 2.58. The number of ether oxygens (including phenoxy) is 1. The lowest BCUT2D eigenvalue weighted by molar-refractivity contribution is -0.123. The van der Waals surface area contributed by atoms with Gasteiger partial charge in [-0.1, -0.05) is 13.8 Å². The Bertz CT molecular complexity index is 812. The number of carbonyl (C=O) groups excluding carboxylic acids is 3. The van der Waals surface area contributed by atoms with Crippen LogP contribution in [0.3, 0.4) is 0 Å². The van der Waals surface area contributed by atoms with Crippen LogP contribution in [0, 0.1) is 11.8 Å². The summed E-state index contributed by atoms with van der Waals surface area (Å²) in [6, 6.07) is 4.25. The van der Waals surface area contributed by atoms with Crippen molar-refractivity contribution < 1.29 is 27.5 Å². The van der Waals surface area contributed by atoms with Crippen LogP contribution in [0.1, 0.15) is 30.6 Å². The van der Waals surface area contributed by atoms with E-state index in [9.17, 15) is 22.8 Å². The Morgan fingerprint density at radius 3 is 2.22 bits per heavy atom. The molecular weight excluding hydrogens is 374 g/mol. The smallest absolute Gasteiger partial charge is 0.338 e. The Balaban J connectivity index is 2.04. The normalized spacial score (nSPS) is 20.7. The number of imide groups is 1. The highest BCUT2D eigenvalue weighted by atomic mass is 32.2. The molecule has 0 aliphatic carbocycles. The predicted molar refractivity (Wildman–Crippen MR) is 96.2 cm³/mol. The second-order valence-electron chi connectivity index (χ2n) is 6.78. The minimum atomic E-state index is -3.64. The van der Waals surface area contributed by atoms with Crippen LogP contribution in [-0.4, -0.2) is 50.3 Å². The Hall–Kier alpha value is -2.46. The van der Waals surface area contributed by atoms with Gasteiger partial charge in [-0.05, 0) is 42.5 Å². The van der Waals surface area contributed by atoms with Crippen LogP contribution in [0.15, 0.2) is 29.2 Å². The first-order valence-electron chi connectivity index (χ1n) is 8.46. The van der Waals surface area contributed by atoms with Crippen LogP contribution >= 0.6 is 0 Å². The molecule has 0 radical (unpaired) electrons. The summed E-state index contributed by atoms with van der Waals surface area (Å²) in [4.78, 5) is 33.7. The molecule has 1 aromatic carbocycles. The lowest BCUT2D eigenvalue weighted by Crippen LogP contribution is -2.42. The molecule has 1 heterocycles. The maximum absolute atomic E-state index is 12.8. The lowest BCUT2D eigenvalue weighted by atomic mass is 9.94. The number of piperidine rings is 1. The topological polar surface area (TPSA) is 136 Å². The Morgan fingerprint density at radius 1 is 1.15 bits per heavy atom. The molecule has 3 N–H and O–H groups in total. The molecule has 0 spiro atoms. The van der Waals surface area contributed by atoms with Gasteiger partial charge >= 0.3 is 12.0 Å². The first kappa shape index (κ1) is 20.8. The van der Waals surface area contributed by atoms with Gasteiger partial charge in [0.15, 0.2) is 6.61 Å². The number of urea groups is 1. The highest BCUT2D eigenvalue weighted by molar-refractivity contribution is 7.89.